The number of esters is 1. The van der Waals surface area contributed by atoms with Gasteiger partial charge in [-0.2, -0.15) is 0 Å². The Balaban J connectivity index is 1.55. The van der Waals surface area contributed by atoms with E-state index in [4.69, 9.17) is 4.74 Å². The number of hydrogen-bond acceptors (Lipinski definition) is 7. The van der Waals surface area contributed by atoms with E-state index in [2.05, 4.69) is 20.6 Å². The molecule has 1 fully saturated rings. The lowest BCUT2D eigenvalue weighted by molar-refractivity contribution is -0.123. The number of ether oxygens (including phenoxy) is 1. The van der Waals surface area contributed by atoms with Gasteiger partial charge in [0.1, 0.15) is 0 Å². The standard InChI is InChI=1S/C20H22N4O4S/c1-12-9-13(2)22-20(21-12)29-11-14-5-3-4-6-16(14)18(26)28-10-17(25)24-19(27)23-15-7-8-15/h3-6,9,15H,7-8,10-11H2,1-2H3,(H2,23,24,25,27). The summed E-state index contributed by atoms with van der Waals surface area (Å²) < 4.78 is 5.07. The first-order chi connectivity index (χ1) is 13.9. The molecule has 0 radical (unpaired) electrons. The number of benzene rings is 1. The van der Waals surface area contributed by atoms with Crippen molar-refractivity contribution in [2.45, 2.75) is 43.6 Å². The fourth-order valence-corrected chi connectivity index (χ4v) is 3.52. The molecule has 3 rings (SSSR count). The Bertz CT molecular complexity index is 910. The van der Waals surface area contributed by atoms with E-state index in [0.717, 1.165) is 29.8 Å². The molecule has 1 saturated carbocycles. The molecule has 2 aromatic rings. The summed E-state index contributed by atoms with van der Waals surface area (Å²) in [5.41, 5.74) is 2.87. The molecule has 8 nitrogen and oxygen atoms in total. The fourth-order valence-electron chi connectivity index (χ4n) is 2.57. The minimum absolute atomic E-state index is 0.135. The quantitative estimate of drug-likeness (QED) is 0.407. The molecule has 3 amide bonds. The average molecular weight is 414 g/mol. The van der Waals surface area contributed by atoms with Gasteiger partial charge in [0.2, 0.25) is 0 Å². The van der Waals surface area contributed by atoms with Gasteiger partial charge < -0.3 is 10.1 Å². The number of carbonyl (C=O) groups is 3. The second kappa shape index (κ2) is 9.51. The second-order valence-corrected chi connectivity index (χ2v) is 7.69. The van der Waals surface area contributed by atoms with Gasteiger partial charge in [-0.3, -0.25) is 10.1 Å². The lowest BCUT2D eigenvalue weighted by Gasteiger charge is -2.10. The van der Waals surface area contributed by atoms with Crippen molar-refractivity contribution in [3.05, 3.63) is 52.8 Å². The Kier molecular flexibility index (Phi) is 6.82. The van der Waals surface area contributed by atoms with Gasteiger partial charge in [-0.1, -0.05) is 30.0 Å². The average Bonchev–Trinajstić information content (AvgIpc) is 3.47. The van der Waals surface area contributed by atoms with Crippen LogP contribution in [0, 0.1) is 13.8 Å². The molecule has 1 aliphatic carbocycles. The molecule has 1 aromatic heterocycles. The first-order valence-electron chi connectivity index (χ1n) is 9.21. The molecular formula is C20H22N4O4S. The summed E-state index contributed by atoms with van der Waals surface area (Å²) in [5.74, 6) is -0.822. The van der Waals surface area contributed by atoms with Crippen molar-refractivity contribution in [3.8, 4) is 0 Å². The monoisotopic (exact) mass is 414 g/mol. The van der Waals surface area contributed by atoms with Crippen LogP contribution in [0.25, 0.3) is 0 Å². The van der Waals surface area contributed by atoms with Crippen LogP contribution in [0.2, 0.25) is 0 Å². The topological polar surface area (TPSA) is 110 Å². The summed E-state index contributed by atoms with van der Waals surface area (Å²) in [6.07, 6.45) is 1.83. The summed E-state index contributed by atoms with van der Waals surface area (Å²) in [4.78, 5) is 44.5. The maximum Gasteiger partial charge on any atom is 0.338 e. The molecule has 0 unspecified atom stereocenters. The van der Waals surface area contributed by atoms with Crippen LogP contribution in [0.5, 0.6) is 0 Å². The van der Waals surface area contributed by atoms with Gasteiger partial charge >= 0.3 is 12.0 Å². The zero-order valence-corrected chi connectivity index (χ0v) is 17.0. The molecule has 1 aliphatic rings. The minimum Gasteiger partial charge on any atom is -0.452 e. The van der Waals surface area contributed by atoms with Crippen molar-refractivity contribution in [3.63, 3.8) is 0 Å². The van der Waals surface area contributed by atoms with Gasteiger partial charge in [-0.25, -0.2) is 19.6 Å². The van der Waals surface area contributed by atoms with E-state index in [0.29, 0.717) is 16.5 Å². The summed E-state index contributed by atoms with van der Waals surface area (Å²) in [6, 6.07) is 8.46. The number of amides is 3. The van der Waals surface area contributed by atoms with E-state index < -0.39 is 24.5 Å². The highest BCUT2D eigenvalue weighted by Gasteiger charge is 2.24. The predicted octanol–water partition coefficient (Wildman–Crippen LogP) is 2.53. The van der Waals surface area contributed by atoms with E-state index in [1.165, 1.54) is 11.8 Å². The van der Waals surface area contributed by atoms with Crippen molar-refractivity contribution < 1.29 is 19.1 Å². The van der Waals surface area contributed by atoms with E-state index in [9.17, 15) is 14.4 Å². The lowest BCUT2D eigenvalue weighted by atomic mass is 10.1. The number of rotatable bonds is 7. The van der Waals surface area contributed by atoms with Crippen LogP contribution in [-0.4, -0.2) is 40.5 Å². The first kappa shape index (κ1) is 20.8. The molecule has 2 N–H and O–H groups in total. The second-order valence-electron chi connectivity index (χ2n) is 6.75. The SMILES string of the molecule is Cc1cc(C)nc(SCc2ccccc2C(=O)OCC(=O)NC(=O)NC2CC2)n1. The lowest BCUT2D eigenvalue weighted by Crippen LogP contribution is -2.42. The first-order valence-corrected chi connectivity index (χ1v) is 10.2. The number of aryl methyl sites for hydroxylation is 2. The third-order valence-corrected chi connectivity index (χ3v) is 4.95. The zero-order valence-electron chi connectivity index (χ0n) is 16.2. The summed E-state index contributed by atoms with van der Waals surface area (Å²) >= 11 is 1.42. The van der Waals surface area contributed by atoms with Crippen molar-refractivity contribution >= 4 is 29.7 Å². The van der Waals surface area contributed by atoms with E-state index >= 15 is 0 Å². The number of aromatic nitrogens is 2. The van der Waals surface area contributed by atoms with Crippen LogP contribution in [0.4, 0.5) is 4.79 Å². The van der Waals surface area contributed by atoms with Gasteiger partial charge in [0.05, 0.1) is 5.56 Å². The Hall–Kier alpha value is -2.94. The number of carbonyl (C=O) groups excluding carboxylic acids is 3. The maximum atomic E-state index is 12.4. The molecular weight excluding hydrogens is 392 g/mol. The van der Waals surface area contributed by atoms with Crippen LogP contribution < -0.4 is 10.6 Å². The number of nitrogens with zero attached hydrogens (tertiary/aromatic N) is 2. The number of urea groups is 1. The van der Waals surface area contributed by atoms with Crippen LogP contribution >= 0.6 is 11.8 Å². The number of thioether (sulfide) groups is 1. The number of imide groups is 1. The maximum absolute atomic E-state index is 12.4. The van der Waals surface area contributed by atoms with Crippen molar-refractivity contribution in [2.24, 2.45) is 0 Å². The zero-order chi connectivity index (χ0) is 20.8. The van der Waals surface area contributed by atoms with Gasteiger partial charge in [0.15, 0.2) is 11.8 Å². The van der Waals surface area contributed by atoms with Crippen LogP contribution in [0.3, 0.4) is 0 Å². The van der Waals surface area contributed by atoms with Crippen molar-refractivity contribution in [1.29, 1.82) is 0 Å². The molecule has 0 bridgehead atoms. The van der Waals surface area contributed by atoms with Crippen LogP contribution in [0.15, 0.2) is 35.5 Å². The van der Waals surface area contributed by atoms with Gasteiger partial charge in [0, 0.05) is 23.2 Å². The summed E-state index contributed by atoms with van der Waals surface area (Å²) in [6.45, 7) is 3.28. The largest absolute Gasteiger partial charge is 0.452 e. The Morgan fingerprint density at radius 1 is 1.14 bits per heavy atom. The molecule has 1 heterocycles. The smallest absolute Gasteiger partial charge is 0.338 e. The fraction of sp³-hybridized carbons (Fsp3) is 0.350. The van der Waals surface area contributed by atoms with E-state index in [-0.39, 0.29) is 6.04 Å². The third kappa shape index (κ3) is 6.56. The molecule has 152 valence electrons. The Morgan fingerprint density at radius 3 is 2.52 bits per heavy atom. The molecule has 29 heavy (non-hydrogen) atoms. The van der Waals surface area contributed by atoms with E-state index in [1.807, 2.05) is 32.0 Å². The van der Waals surface area contributed by atoms with Crippen molar-refractivity contribution in [1.82, 2.24) is 20.6 Å². The molecule has 0 aliphatic heterocycles. The van der Waals surface area contributed by atoms with Gasteiger partial charge in [-0.15, -0.1) is 0 Å². The van der Waals surface area contributed by atoms with Crippen molar-refractivity contribution in [2.75, 3.05) is 6.61 Å². The Labute approximate surface area is 172 Å². The highest BCUT2D eigenvalue weighted by molar-refractivity contribution is 7.98. The number of hydrogen-bond donors (Lipinski definition) is 2. The molecule has 0 saturated heterocycles. The minimum atomic E-state index is -0.674. The molecule has 9 heteroatoms. The van der Waals surface area contributed by atoms with E-state index in [1.54, 1.807) is 12.1 Å². The van der Waals surface area contributed by atoms with Gasteiger partial charge in [-0.05, 0) is 44.4 Å². The predicted molar refractivity (Wildman–Crippen MR) is 107 cm³/mol. The van der Waals surface area contributed by atoms with Crippen LogP contribution in [-0.2, 0) is 15.3 Å². The molecule has 1 aromatic carbocycles. The van der Waals surface area contributed by atoms with Gasteiger partial charge in [0.25, 0.3) is 5.91 Å². The molecule has 0 spiro atoms. The number of nitrogens with one attached hydrogen (secondary N) is 2. The normalized spacial score (nSPS) is 12.9. The summed E-state index contributed by atoms with van der Waals surface area (Å²) in [7, 11) is 0. The molecule has 0 atom stereocenters. The highest BCUT2D eigenvalue weighted by atomic mass is 32.2. The summed E-state index contributed by atoms with van der Waals surface area (Å²) in [5, 5.41) is 5.40. The van der Waals surface area contributed by atoms with Crippen LogP contribution in [0.1, 0.15) is 40.2 Å². The Morgan fingerprint density at radius 2 is 1.83 bits per heavy atom. The highest BCUT2D eigenvalue weighted by Crippen LogP contribution is 2.23. The third-order valence-electron chi connectivity index (χ3n) is 4.06.